The predicted octanol–water partition coefficient (Wildman–Crippen LogP) is 0.947. The van der Waals surface area contributed by atoms with Gasteiger partial charge in [0.1, 0.15) is 5.75 Å². The summed E-state index contributed by atoms with van der Waals surface area (Å²) in [7, 11) is -9.84. The Morgan fingerprint density at radius 3 is 2.05 bits per heavy atom. The highest BCUT2D eigenvalue weighted by molar-refractivity contribution is 7.86. The Balaban J connectivity index is 3.09. The van der Waals surface area contributed by atoms with Crippen molar-refractivity contribution in [1.29, 1.82) is 0 Å². The zero-order valence-corrected chi connectivity index (χ0v) is 12.0. The number of fused-ring (bicyclic) bond motifs is 1. The van der Waals surface area contributed by atoms with Crippen molar-refractivity contribution in [3.8, 4) is 5.75 Å². The third kappa shape index (κ3) is 2.71. The van der Waals surface area contributed by atoms with Crippen LogP contribution in [0.1, 0.15) is 0 Å². The molecule has 0 atom stereocenters. The standard InChI is InChI=1S/C10H7NO9S2/c12-8-3-5-1-2-6(21(15,16)17)4-7(5)9(11(13)14)10(8)22(18,19)20/h1-4,12H,(H,15,16,17)(H,18,19,20). The predicted molar refractivity (Wildman–Crippen MR) is 71.9 cm³/mol. The summed E-state index contributed by atoms with van der Waals surface area (Å²) in [4.78, 5) is 7.83. The summed E-state index contributed by atoms with van der Waals surface area (Å²) in [6, 6.07) is 3.41. The van der Waals surface area contributed by atoms with Gasteiger partial charge in [0, 0.05) is 0 Å². The summed E-state index contributed by atoms with van der Waals surface area (Å²) < 4.78 is 62.6. The van der Waals surface area contributed by atoms with Gasteiger partial charge in [-0.3, -0.25) is 19.2 Å². The lowest BCUT2D eigenvalue weighted by molar-refractivity contribution is -0.386. The first-order chi connectivity index (χ1) is 9.93. The van der Waals surface area contributed by atoms with Crippen LogP contribution in [0.15, 0.2) is 34.1 Å². The van der Waals surface area contributed by atoms with Crippen molar-refractivity contribution < 1.29 is 36.0 Å². The molecule has 0 unspecified atom stereocenters. The van der Waals surface area contributed by atoms with Crippen molar-refractivity contribution >= 4 is 36.7 Å². The van der Waals surface area contributed by atoms with Crippen molar-refractivity contribution in [2.24, 2.45) is 0 Å². The zero-order chi connectivity index (χ0) is 16.9. The maximum absolute atomic E-state index is 11.2. The van der Waals surface area contributed by atoms with E-state index in [4.69, 9.17) is 9.11 Å². The van der Waals surface area contributed by atoms with Gasteiger partial charge in [-0.1, -0.05) is 6.07 Å². The Bertz CT molecular complexity index is 1010. The Kier molecular flexibility index (Phi) is 3.57. The van der Waals surface area contributed by atoms with E-state index < -0.39 is 51.8 Å². The van der Waals surface area contributed by atoms with E-state index in [-0.39, 0.29) is 5.39 Å². The minimum absolute atomic E-state index is 0.0657. The Morgan fingerprint density at radius 1 is 1.00 bits per heavy atom. The molecule has 0 aliphatic heterocycles. The molecule has 0 bridgehead atoms. The van der Waals surface area contributed by atoms with Crippen LogP contribution in [0.3, 0.4) is 0 Å². The molecular weight excluding hydrogens is 342 g/mol. The van der Waals surface area contributed by atoms with Gasteiger partial charge < -0.3 is 5.11 Å². The van der Waals surface area contributed by atoms with E-state index in [2.05, 4.69) is 0 Å². The van der Waals surface area contributed by atoms with Crippen molar-refractivity contribution in [3.63, 3.8) is 0 Å². The molecule has 0 heterocycles. The Labute approximate surface area is 123 Å². The van der Waals surface area contributed by atoms with Gasteiger partial charge in [-0.05, 0) is 23.6 Å². The quantitative estimate of drug-likeness (QED) is 0.414. The molecule has 12 heteroatoms. The maximum Gasteiger partial charge on any atom is 0.305 e. The molecule has 2 aromatic rings. The van der Waals surface area contributed by atoms with Crippen molar-refractivity contribution in [1.82, 2.24) is 0 Å². The van der Waals surface area contributed by atoms with E-state index in [1.165, 1.54) is 0 Å². The third-order valence-electron chi connectivity index (χ3n) is 2.76. The highest BCUT2D eigenvalue weighted by Crippen LogP contribution is 2.39. The van der Waals surface area contributed by atoms with Crippen molar-refractivity contribution in [2.45, 2.75) is 9.79 Å². The van der Waals surface area contributed by atoms with E-state index in [1.54, 1.807) is 0 Å². The minimum Gasteiger partial charge on any atom is -0.506 e. The van der Waals surface area contributed by atoms with Crippen molar-refractivity contribution in [2.75, 3.05) is 0 Å². The monoisotopic (exact) mass is 349 g/mol. The van der Waals surface area contributed by atoms with Crippen LogP contribution < -0.4 is 0 Å². The number of nitrogens with zero attached hydrogens (tertiary/aromatic N) is 1. The SMILES string of the molecule is O=[N+]([O-])c1c(S(=O)(=O)O)c(O)cc2ccc(S(=O)(=O)O)cc12. The fraction of sp³-hybridized carbons (Fsp3) is 0. The molecule has 0 aliphatic rings. The van der Waals surface area contributed by atoms with E-state index in [1.807, 2.05) is 0 Å². The van der Waals surface area contributed by atoms with Crippen LogP contribution in [-0.4, -0.2) is 36.0 Å². The van der Waals surface area contributed by atoms with Gasteiger partial charge in [0.15, 0.2) is 0 Å². The van der Waals surface area contributed by atoms with Crippen LogP contribution in [0.4, 0.5) is 5.69 Å². The lowest BCUT2D eigenvalue weighted by atomic mass is 10.1. The van der Waals surface area contributed by atoms with Crippen LogP contribution in [-0.2, 0) is 20.2 Å². The van der Waals surface area contributed by atoms with E-state index in [0.29, 0.717) is 6.07 Å². The first-order valence-corrected chi connectivity index (χ1v) is 8.20. The number of hydrogen-bond donors (Lipinski definition) is 3. The molecule has 0 radical (unpaired) electrons. The number of hydrogen-bond acceptors (Lipinski definition) is 7. The summed E-state index contributed by atoms with van der Waals surface area (Å²) in [5.41, 5.74) is -1.21. The summed E-state index contributed by atoms with van der Waals surface area (Å²) in [6.07, 6.45) is 0. The number of phenols is 1. The topological polar surface area (TPSA) is 172 Å². The number of aromatic hydroxyl groups is 1. The van der Waals surface area contributed by atoms with Crippen LogP contribution in [0, 0.1) is 10.1 Å². The fourth-order valence-electron chi connectivity index (χ4n) is 1.92. The molecule has 10 nitrogen and oxygen atoms in total. The maximum atomic E-state index is 11.2. The zero-order valence-electron chi connectivity index (χ0n) is 10.4. The largest absolute Gasteiger partial charge is 0.506 e. The minimum atomic E-state index is -5.15. The van der Waals surface area contributed by atoms with Crippen molar-refractivity contribution in [3.05, 3.63) is 34.4 Å². The lowest BCUT2D eigenvalue weighted by Crippen LogP contribution is -2.05. The molecular formula is C10H7NO9S2. The average molecular weight is 349 g/mol. The second kappa shape index (κ2) is 4.88. The number of nitro benzene ring substituents is 1. The molecule has 118 valence electrons. The van der Waals surface area contributed by atoms with E-state index in [0.717, 1.165) is 18.2 Å². The van der Waals surface area contributed by atoms with Crippen LogP contribution in [0.25, 0.3) is 10.8 Å². The first-order valence-electron chi connectivity index (χ1n) is 5.32. The van der Waals surface area contributed by atoms with Gasteiger partial charge in [0.2, 0.25) is 4.90 Å². The molecule has 22 heavy (non-hydrogen) atoms. The summed E-state index contributed by atoms with van der Waals surface area (Å²) >= 11 is 0. The molecule has 2 rings (SSSR count). The smallest absolute Gasteiger partial charge is 0.305 e. The van der Waals surface area contributed by atoms with E-state index >= 15 is 0 Å². The second-order valence-electron chi connectivity index (χ2n) is 4.16. The summed E-state index contributed by atoms with van der Waals surface area (Å²) in [5, 5.41) is 20.1. The fourth-order valence-corrected chi connectivity index (χ4v) is 3.18. The van der Waals surface area contributed by atoms with Gasteiger partial charge >= 0.3 is 15.8 Å². The van der Waals surface area contributed by atoms with Gasteiger partial charge in [-0.15, -0.1) is 0 Å². The molecule has 0 fully saturated rings. The molecule has 0 amide bonds. The molecule has 0 aliphatic carbocycles. The molecule has 0 saturated heterocycles. The van der Waals surface area contributed by atoms with Gasteiger partial charge in [0.05, 0.1) is 15.2 Å². The van der Waals surface area contributed by atoms with Gasteiger partial charge in [-0.2, -0.15) is 16.8 Å². The second-order valence-corrected chi connectivity index (χ2v) is 6.94. The van der Waals surface area contributed by atoms with Crippen LogP contribution in [0.5, 0.6) is 5.75 Å². The number of phenolic OH excluding ortho intramolecular Hbond substituents is 1. The number of benzene rings is 2. The van der Waals surface area contributed by atoms with E-state index in [9.17, 15) is 32.1 Å². The molecule has 0 aromatic heterocycles. The molecule has 3 N–H and O–H groups in total. The number of rotatable bonds is 3. The average Bonchev–Trinajstić information content (AvgIpc) is 2.33. The first kappa shape index (κ1) is 16.1. The normalized spacial score (nSPS) is 12.5. The van der Waals surface area contributed by atoms with Gasteiger partial charge in [-0.25, -0.2) is 0 Å². The highest BCUT2D eigenvalue weighted by Gasteiger charge is 2.32. The highest BCUT2D eigenvalue weighted by atomic mass is 32.2. The van der Waals surface area contributed by atoms with Crippen LogP contribution >= 0.6 is 0 Å². The number of nitro groups is 1. The third-order valence-corrected chi connectivity index (χ3v) is 4.53. The summed E-state index contributed by atoms with van der Waals surface area (Å²) in [6.45, 7) is 0. The van der Waals surface area contributed by atoms with Crippen LogP contribution in [0.2, 0.25) is 0 Å². The lowest BCUT2D eigenvalue weighted by Gasteiger charge is -2.07. The molecule has 0 saturated carbocycles. The Hall–Kier alpha value is -2.28. The van der Waals surface area contributed by atoms with Gasteiger partial charge in [0.25, 0.3) is 10.1 Å². The Morgan fingerprint density at radius 2 is 1.59 bits per heavy atom. The molecule has 0 spiro atoms. The molecule has 2 aromatic carbocycles. The summed E-state index contributed by atoms with van der Waals surface area (Å²) in [5.74, 6) is -1.07.